The molecule has 0 bridgehead atoms. The quantitative estimate of drug-likeness (QED) is 0.818. The lowest BCUT2D eigenvalue weighted by atomic mass is 10.0. The molecular weight excluding hydrogens is 310 g/mol. The first kappa shape index (κ1) is 17.6. The number of nitrogens with one attached hydrogen (secondary N) is 1. The van der Waals surface area contributed by atoms with Crippen LogP contribution in [0.5, 0.6) is 0 Å². The van der Waals surface area contributed by atoms with Crippen molar-refractivity contribution in [3.05, 3.63) is 53.9 Å². The van der Waals surface area contributed by atoms with Crippen LogP contribution in [0, 0.1) is 6.92 Å². The number of pyridine rings is 1. The first-order valence-electron chi connectivity index (χ1n) is 9.25. The molecule has 4 nitrogen and oxygen atoms in total. The van der Waals surface area contributed by atoms with Crippen LogP contribution in [0.1, 0.15) is 41.6 Å². The molecule has 2 heterocycles. The molecule has 1 fully saturated rings. The van der Waals surface area contributed by atoms with Gasteiger partial charge in [0.1, 0.15) is 0 Å². The molecule has 0 unspecified atom stereocenters. The van der Waals surface area contributed by atoms with E-state index in [0.717, 1.165) is 24.1 Å². The number of aryl methyl sites for hydroxylation is 1. The molecule has 2 aromatic rings. The third-order valence-electron chi connectivity index (χ3n) is 4.77. The number of rotatable bonds is 6. The van der Waals surface area contributed by atoms with Gasteiger partial charge in [-0.15, -0.1) is 0 Å². The highest BCUT2D eigenvalue weighted by Gasteiger charge is 2.10. The number of carbonyl (C=O) groups is 1. The number of amides is 1. The van der Waals surface area contributed by atoms with Crippen LogP contribution in [0.15, 0.2) is 42.7 Å². The second kappa shape index (κ2) is 8.77. The monoisotopic (exact) mass is 337 g/mol. The topological polar surface area (TPSA) is 45.2 Å². The smallest absolute Gasteiger partial charge is 0.252 e. The largest absolute Gasteiger partial charge is 0.352 e. The summed E-state index contributed by atoms with van der Waals surface area (Å²) in [5, 5.41) is 3.02. The van der Waals surface area contributed by atoms with Crippen LogP contribution >= 0.6 is 0 Å². The van der Waals surface area contributed by atoms with Crippen molar-refractivity contribution >= 4 is 5.91 Å². The standard InChI is InChI=1S/C21H27N3O/c1-17-6-8-18(9-7-17)19-14-20(16-22-15-19)21(25)23-10-5-13-24-11-3-2-4-12-24/h6-9,14-16H,2-5,10-13H2,1H3,(H,23,25). The zero-order chi connectivity index (χ0) is 17.5. The Kier molecular flexibility index (Phi) is 6.18. The zero-order valence-electron chi connectivity index (χ0n) is 15.0. The molecule has 0 radical (unpaired) electrons. The molecule has 1 aromatic carbocycles. The Labute approximate surface area is 150 Å². The molecule has 132 valence electrons. The summed E-state index contributed by atoms with van der Waals surface area (Å²) < 4.78 is 0. The fraction of sp³-hybridized carbons (Fsp3) is 0.429. The molecule has 1 aliphatic heterocycles. The number of aromatic nitrogens is 1. The lowest BCUT2D eigenvalue weighted by molar-refractivity contribution is 0.0951. The Morgan fingerprint density at radius 2 is 1.84 bits per heavy atom. The Balaban J connectivity index is 1.51. The van der Waals surface area contributed by atoms with E-state index in [2.05, 4.69) is 46.4 Å². The van der Waals surface area contributed by atoms with Gasteiger partial charge in [-0.3, -0.25) is 9.78 Å². The molecule has 1 saturated heterocycles. The van der Waals surface area contributed by atoms with Crippen LogP contribution in [0.25, 0.3) is 11.1 Å². The second-order valence-corrected chi connectivity index (χ2v) is 6.84. The van der Waals surface area contributed by atoms with E-state index in [0.29, 0.717) is 12.1 Å². The van der Waals surface area contributed by atoms with Crippen molar-refractivity contribution in [3.8, 4) is 11.1 Å². The van der Waals surface area contributed by atoms with Crippen molar-refractivity contribution in [3.63, 3.8) is 0 Å². The minimum Gasteiger partial charge on any atom is -0.352 e. The van der Waals surface area contributed by atoms with Gasteiger partial charge in [-0.2, -0.15) is 0 Å². The average molecular weight is 337 g/mol. The van der Waals surface area contributed by atoms with Gasteiger partial charge in [0.05, 0.1) is 5.56 Å². The number of carbonyl (C=O) groups excluding carboxylic acids is 1. The highest BCUT2D eigenvalue weighted by atomic mass is 16.1. The third kappa shape index (κ3) is 5.13. The highest BCUT2D eigenvalue weighted by Crippen LogP contribution is 2.19. The van der Waals surface area contributed by atoms with Crippen molar-refractivity contribution in [1.82, 2.24) is 15.2 Å². The van der Waals surface area contributed by atoms with Gasteiger partial charge in [0, 0.05) is 24.5 Å². The molecule has 0 spiro atoms. The van der Waals surface area contributed by atoms with Crippen molar-refractivity contribution in [2.24, 2.45) is 0 Å². The van der Waals surface area contributed by atoms with E-state index in [-0.39, 0.29) is 5.91 Å². The predicted molar refractivity (Wildman–Crippen MR) is 102 cm³/mol. The molecule has 0 aliphatic carbocycles. The molecule has 1 N–H and O–H groups in total. The third-order valence-corrected chi connectivity index (χ3v) is 4.77. The van der Waals surface area contributed by atoms with Crippen LogP contribution in [-0.2, 0) is 0 Å². The first-order chi connectivity index (χ1) is 12.2. The fourth-order valence-corrected chi connectivity index (χ4v) is 3.26. The number of benzene rings is 1. The molecule has 1 amide bonds. The van der Waals surface area contributed by atoms with E-state index in [1.54, 1.807) is 12.4 Å². The molecule has 0 saturated carbocycles. The number of likely N-dealkylation sites (tertiary alicyclic amines) is 1. The maximum absolute atomic E-state index is 12.4. The summed E-state index contributed by atoms with van der Waals surface area (Å²) in [7, 11) is 0. The molecule has 25 heavy (non-hydrogen) atoms. The number of hydrogen-bond acceptors (Lipinski definition) is 3. The maximum Gasteiger partial charge on any atom is 0.252 e. The molecule has 1 aliphatic rings. The zero-order valence-corrected chi connectivity index (χ0v) is 15.0. The predicted octanol–water partition coefficient (Wildman–Crippen LogP) is 3.66. The minimum absolute atomic E-state index is 0.0416. The van der Waals surface area contributed by atoms with E-state index in [1.807, 2.05) is 6.07 Å². The molecule has 0 atom stereocenters. The lowest BCUT2D eigenvalue weighted by Gasteiger charge is -2.26. The summed E-state index contributed by atoms with van der Waals surface area (Å²) in [5.74, 6) is -0.0416. The van der Waals surface area contributed by atoms with Crippen molar-refractivity contribution in [1.29, 1.82) is 0 Å². The van der Waals surface area contributed by atoms with Crippen LogP contribution in [-0.4, -0.2) is 42.0 Å². The number of nitrogens with zero attached hydrogens (tertiary/aromatic N) is 2. The first-order valence-corrected chi connectivity index (χ1v) is 9.25. The van der Waals surface area contributed by atoms with Gasteiger partial charge in [-0.25, -0.2) is 0 Å². The van der Waals surface area contributed by atoms with E-state index >= 15 is 0 Å². The summed E-state index contributed by atoms with van der Waals surface area (Å²) in [4.78, 5) is 19.1. The molecule has 4 heteroatoms. The lowest BCUT2D eigenvalue weighted by Crippen LogP contribution is -2.33. The Bertz CT molecular complexity index is 691. The Hall–Kier alpha value is -2.20. The average Bonchev–Trinajstić information content (AvgIpc) is 2.66. The van der Waals surface area contributed by atoms with E-state index < -0.39 is 0 Å². The van der Waals surface area contributed by atoms with Gasteiger partial charge in [0.25, 0.3) is 5.91 Å². The van der Waals surface area contributed by atoms with Crippen molar-refractivity contribution in [2.75, 3.05) is 26.2 Å². The van der Waals surface area contributed by atoms with Crippen molar-refractivity contribution < 1.29 is 4.79 Å². The van der Waals surface area contributed by atoms with Gasteiger partial charge < -0.3 is 10.2 Å². The van der Waals surface area contributed by atoms with Crippen LogP contribution < -0.4 is 5.32 Å². The van der Waals surface area contributed by atoms with E-state index in [1.165, 1.54) is 37.9 Å². The summed E-state index contributed by atoms with van der Waals surface area (Å²) in [6.07, 6.45) is 8.41. The molecule has 3 rings (SSSR count). The van der Waals surface area contributed by atoms with Gasteiger partial charge in [-0.1, -0.05) is 36.2 Å². The van der Waals surface area contributed by atoms with Crippen LogP contribution in [0.2, 0.25) is 0 Å². The van der Waals surface area contributed by atoms with E-state index in [9.17, 15) is 4.79 Å². The van der Waals surface area contributed by atoms with Crippen LogP contribution in [0.3, 0.4) is 0 Å². The summed E-state index contributed by atoms with van der Waals surface area (Å²) in [6.45, 7) is 6.26. The summed E-state index contributed by atoms with van der Waals surface area (Å²) >= 11 is 0. The van der Waals surface area contributed by atoms with Crippen molar-refractivity contribution in [2.45, 2.75) is 32.6 Å². The normalized spacial score (nSPS) is 15.1. The van der Waals surface area contributed by atoms with Gasteiger partial charge in [0.15, 0.2) is 0 Å². The van der Waals surface area contributed by atoms with E-state index in [4.69, 9.17) is 0 Å². The Morgan fingerprint density at radius 1 is 1.08 bits per heavy atom. The number of hydrogen-bond donors (Lipinski definition) is 1. The second-order valence-electron chi connectivity index (χ2n) is 6.84. The molecule has 1 aromatic heterocycles. The van der Waals surface area contributed by atoms with Gasteiger partial charge in [-0.05, 0) is 57.5 Å². The highest BCUT2D eigenvalue weighted by molar-refractivity contribution is 5.95. The molecular formula is C21H27N3O. The van der Waals surface area contributed by atoms with Gasteiger partial charge >= 0.3 is 0 Å². The van der Waals surface area contributed by atoms with Crippen LogP contribution in [0.4, 0.5) is 0 Å². The number of piperidine rings is 1. The van der Waals surface area contributed by atoms with Gasteiger partial charge in [0.2, 0.25) is 0 Å². The fourth-order valence-electron chi connectivity index (χ4n) is 3.26. The summed E-state index contributed by atoms with van der Waals surface area (Å²) in [5.41, 5.74) is 3.90. The summed E-state index contributed by atoms with van der Waals surface area (Å²) in [6, 6.07) is 10.2. The SMILES string of the molecule is Cc1ccc(-c2cncc(C(=O)NCCCN3CCCCC3)c2)cc1. The maximum atomic E-state index is 12.4. The Morgan fingerprint density at radius 3 is 2.60 bits per heavy atom. The minimum atomic E-state index is -0.0416.